The van der Waals surface area contributed by atoms with Gasteiger partial charge in [0.15, 0.2) is 0 Å². The molecule has 0 radical (unpaired) electrons. The molecule has 2 N–H and O–H groups in total. The molecule has 4 nitrogen and oxygen atoms in total. The van der Waals surface area contributed by atoms with Gasteiger partial charge in [-0.3, -0.25) is 15.1 Å². The summed E-state index contributed by atoms with van der Waals surface area (Å²) in [5.41, 5.74) is 1.64. The van der Waals surface area contributed by atoms with Gasteiger partial charge in [0.1, 0.15) is 6.04 Å². The predicted octanol–water partition coefficient (Wildman–Crippen LogP) is 2.83. The summed E-state index contributed by atoms with van der Waals surface area (Å²) in [5.74, 6) is -0.824. The quantitative estimate of drug-likeness (QED) is 0.819. The molecule has 1 aliphatic rings. The number of aryl methyl sites for hydroxylation is 1. The molecule has 1 heterocycles. The van der Waals surface area contributed by atoms with Crippen molar-refractivity contribution >= 4 is 5.97 Å². The van der Waals surface area contributed by atoms with Gasteiger partial charge in [0.25, 0.3) is 0 Å². The first-order valence-corrected chi connectivity index (χ1v) is 7.08. The molecule has 0 aromatic carbocycles. The van der Waals surface area contributed by atoms with E-state index in [9.17, 15) is 9.90 Å². The van der Waals surface area contributed by atoms with E-state index in [2.05, 4.69) is 10.3 Å². The Bertz CT molecular complexity index is 409. The van der Waals surface area contributed by atoms with Gasteiger partial charge in [-0.05, 0) is 31.4 Å². The molecule has 1 aliphatic carbocycles. The van der Waals surface area contributed by atoms with Crippen LogP contribution in [0.3, 0.4) is 0 Å². The highest BCUT2D eigenvalue weighted by atomic mass is 16.4. The Morgan fingerprint density at radius 3 is 2.53 bits per heavy atom. The number of carbonyl (C=O) groups is 1. The molecule has 1 aromatic rings. The van der Waals surface area contributed by atoms with Crippen molar-refractivity contribution in [1.82, 2.24) is 10.3 Å². The first-order valence-electron chi connectivity index (χ1n) is 7.08. The number of nitrogens with one attached hydrogen (secondary N) is 1. The van der Waals surface area contributed by atoms with Gasteiger partial charge in [0, 0.05) is 17.9 Å². The SMILES string of the molecule is Cc1ccc(C(NC2CCCCCC2)C(=O)O)cn1. The van der Waals surface area contributed by atoms with Crippen LogP contribution in [0.4, 0.5) is 0 Å². The van der Waals surface area contributed by atoms with Crippen molar-refractivity contribution < 1.29 is 9.90 Å². The highest BCUT2D eigenvalue weighted by molar-refractivity contribution is 5.75. The molecular weight excluding hydrogens is 240 g/mol. The fourth-order valence-corrected chi connectivity index (χ4v) is 2.64. The minimum atomic E-state index is -0.824. The lowest BCUT2D eigenvalue weighted by molar-refractivity contribution is -0.140. The number of aliphatic carboxylic acids is 1. The van der Waals surface area contributed by atoms with Gasteiger partial charge >= 0.3 is 5.97 Å². The average Bonchev–Trinajstić information content (AvgIpc) is 2.65. The maximum absolute atomic E-state index is 11.5. The van der Waals surface area contributed by atoms with Crippen LogP contribution in [0.15, 0.2) is 18.3 Å². The Morgan fingerprint density at radius 1 is 1.32 bits per heavy atom. The molecule has 0 bridgehead atoms. The van der Waals surface area contributed by atoms with E-state index in [1.165, 1.54) is 25.7 Å². The number of nitrogens with zero attached hydrogens (tertiary/aromatic N) is 1. The van der Waals surface area contributed by atoms with Gasteiger partial charge in [-0.1, -0.05) is 31.7 Å². The van der Waals surface area contributed by atoms with Crippen molar-refractivity contribution in [3.8, 4) is 0 Å². The van der Waals surface area contributed by atoms with Crippen LogP contribution in [0, 0.1) is 6.92 Å². The minimum Gasteiger partial charge on any atom is -0.480 e. The number of pyridine rings is 1. The van der Waals surface area contributed by atoms with E-state index in [4.69, 9.17) is 0 Å². The van der Waals surface area contributed by atoms with E-state index in [0.29, 0.717) is 6.04 Å². The summed E-state index contributed by atoms with van der Waals surface area (Å²) in [5, 5.41) is 12.7. The predicted molar refractivity (Wildman–Crippen MR) is 74.0 cm³/mol. The lowest BCUT2D eigenvalue weighted by Gasteiger charge is -2.22. The molecule has 4 heteroatoms. The van der Waals surface area contributed by atoms with Crippen LogP contribution in [0.25, 0.3) is 0 Å². The summed E-state index contributed by atoms with van der Waals surface area (Å²) < 4.78 is 0. The first kappa shape index (κ1) is 14.0. The highest BCUT2D eigenvalue weighted by Gasteiger charge is 2.24. The summed E-state index contributed by atoms with van der Waals surface area (Å²) in [6.45, 7) is 1.90. The van der Waals surface area contributed by atoms with Crippen molar-refractivity contribution in [2.45, 2.75) is 57.5 Å². The van der Waals surface area contributed by atoms with Crippen LogP contribution < -0.4 is 5.32 Å². The molecule has 1 unspecified atom stereocenters. The molecule has 1 atom stereocenters. The topological polar surface area (TPSA) is 62.2 Å². The van der Waals surface area contributed by atoms with Crippen molar-refractivity contribution in [2.75, 3.05) is 0 Å². The molecule has 1 fully saturated rings. The Labute approximate surface area is 114 Å². The summed E-state index contributed by atoms with van der Waals surface area (Å²) >= 11 is 0. The Hall–Kier alpha value is -1.42. The van der Waals surface area contributed by atoms with E-state index in [0.717, 1.165) is 24.1 Å². The van der Waals surface area contributed by atoms with Crippen LogP contribution in [0.2, 0.25) is 0 Å². The molecule has 0 spiro atoms. The lowest BCUT2D eigenvalue weighted by Crippen LogP contribution is -2.36. The average molecular weight is 262 g/mol. The molecule has 0 amide bonds. The largest absolute Gasteiger partial charge is 0.480 e. The zero-order chi connectivity index (χ0) is 13.7. The van der Waals surface area contributed by atoms with E-state index < -0.39 is 12.0 Å². The van der Waals surface area contributed by atoms with Crippen LogP contribution >= 0.6 is 0 Å². The molecule has 0 aliphatic heterocycles. The van der Waals surface area contributed by atoms with Crippen LogP contribution in [-0.4, -0.2) is 22.1 Å². The first-order chi connectivity index (χ1) is 9.16. The molecular formula is C15H22N2O2. The van der Waals surface area contributed by atoms with Gasteiger partial charge in [0.05, 0.1) is 0 Å². The summed E-state index contributed by atoms with van der Waals surface area (Å²) in [4.78, 5) is 15.6. The molecule has 2 rings (SSSR count). The van der Waals surface area contributed by atoms with E-state index in [-0.39, 0.29) is 0 Å². The maximum atomic E-state index is 11.5. The number of hydrogen-bond donors (Lipinski definition) is 2. The van der Waals surface area contributed by atoms with Crippen molar-refractivity contribution in [2.24, 2.45) is 0 Å². The zero-order valence-electron chi connectivity index (χ0n) is 11.4. The summed E-state index contributed by atoms with van der Waals surface area (Å²) in [6.07, 6.45) is 8.72. The van der Waals surface area contributed by atoms with Crippen molar-refractivity contribution in [3.63, 3.8) is 0 Å². The van der Waals surface area contributed by atoms with Crippen LogP contribution in [0.5, 0.6) is 0 Å². The van der Waals surface area contributed by atoms with Gasteiger partial charge in [-0.25, -0.2) is 0 Å². The fraction of sp³-hybridized carbons (Fsp3) is 0.600. The Balaban J connectivity index is 2.07. The summed E-state index contributed by atoms with van der Waals surface area (Å²) in [7, 11) is 0. The normalized spacial score (nSPS) is 18.8. The standard InChI is InChI=1S/C15H22N2O2/c1-11-8-9-12(10-16-11)14(15(18)19)17-13-6-4-2-3-5-7-13/h8-10,13-14,17H,2-7H2,1H3,(H,18,19). The van der Waals surface area contributed by atoms with Crippen LogP contribution in [-0.2, 0) is 4.79 Å². The number of carboxylic acids is 1. The lowest BCUT2D eigenvalue weighted by atomic mass is 10.0. The molecule has 19 heavy (non-hydrogen) atoms. The van der Waals surface area contributed by atoms with E-state index in [1.54, 1.807) is 6.20 Å². The second-order valence-electron chi connectivity index (χ2n) is 5.36. The van der Waals surface area contributed by atoms with Crippen molar-refractivity contribution in [1.29, 1.82) is 0 Å². The third-order valence-electron chi connectivity index (χ3n) is 3.77. The van der Waals surface area contributed by atoms with E-state index in [1.807, 2.05) is 19.1 Å². The van der Waals surface area contributed by atoms with Gasteiger partial charge < -0.3 is 5.11 Å². The molecule has 1 saturated carbocycles. The monoisotopic (exact) mass is 262 g/mol. The Kier molecular flexibility index (Phi) is 4.91. The number of rotatable bonds is 4. The number of carboxylic acid groups (broad SMARTS) is 1. The van der Waals surface area contributed by atoms with Crippen LogP contribution in [0.1, 0.15) is 55.8 Å². The number of aromatic nitrogens is 1. The van der Waals surface area contributed by atoms with Crippen molar-refractivity contribution in [3.05, 3.63) is 29.6 Å². The van der Waals surface area contributed by atoms with Gasteiger partial charge in [-0.2, -0.15) is 0 Å². The second kappa shape index (κ2) is 6.66. The fourth-order valence-electron chi connectivity index (χ4n) is 2.64. The third kappa shape index (κ3) is 4.03. The van der Waals surface area contributed by atoms with Gasteiger partial charge in [-0.15, -0.1) is 0 Å². The summed E-state index contributed by atoms with van der Waals surface area (Å²) in [6, 6.07) is 3.38. The van der Waals surface area contributed by atoms with Gasteiger partial charge in [0.2, 0.25) is 0 Å². The Morgan fingerprint density at radius 2 is 2.00 bits per heavy atom. The number of hydrogen-bond acceptors (Lipinski definition) is 3. The molecule has 0 saturated heterocycles. The maximum Gasteiger partial charge on any atom is 0.325 e. The van der Waals surface area contributed by atoms with E-state index >= 15 is 0 Å². The molecule has 1 aromatic heterocycles. The highest BCUT2D eigenvalue weighted by Crippen LogP contribution is 2.21. The second-order valence-corrected chi connectivity index (χ2v) is 5.36. The minimum absolute atomic E-state index is 0.310. The molecule has 104 valence electrons. The third-order valence-corrected chi connectivity index (χ3v) is 3.77. The zero-order valence-corrected chi connectivity index (χ0v) is 11.4. The smallest absolute Gasteiger partial charge is 0.325 e.